The predicted octanol–water partition coefficient (Wildman–Crippen LogP) is 2.65. The molecule has 2 N–H and O–H groups in total. The molecule has 0 radical (unpaired) electrons. The zero-order valence-electron chi connectivity index (χ0n) is 10.3. The number of aromatic amines is 1. The van der Waals surface area contributed by atoms with Crippen molar-refractivity contribution in [1.29, 1.82) is 0 Å². The van der Waals surface area contributed by atoms with Gasteiger partial charge in [-0.25, -0.2) is 0 Å². The highest BCUT2D eigenvalue weighted by Crippen LogP contribution is 2.37. The van der Waals surface area contributed by atoms with Crippen molar-refractivity contribution >= 4 is 11.8 Å². The average molecular weight is 239 g/mol. The Bertz CT molecular complexity index is 342. The van der Waals surface area contributed by atoms with Gasteiger partial charge in [-0.2, -0.15) is 16.9 Å². The minimum absolute atomic E-state index is 0.386. The van der Waals surface area contributed by atoms with E-state index in [1.54, 1.807) is 0 Å². The van der Waals surface area contributed by atoms with Crippen LogP contribution < -0.4 is 5.32 Å². The standard InChI is InChI=1S/C12H21N3S/c1-9(11-7-14-15-10(11)2)13-8-12(3)5-4-6-16-12/h7,9,13H,4-6,8H2,1-3H3,(H,14,15). The lowest BCUT2D eigenvalue weighted by Crippen LogP contribution is -2.34. The van der Waals surface area contributed by atoms with E-state index >= 15 is 0 Å². The van der Waals surface area contributed by atoms with Crippen LogP contribution in [0.5, 0.6) is 0 Å². The molecule has 2 rings (SSSR count). The summed E-state index contributed by atoms with van der Waals surface area (Å²) in [6.45, 7) is 7.74. The van der Waals surface area contributed by atoms with Crippen molar-refractivity contribution < 1.29 is 0 Å². The lowest BCUT2D eigenvalue weighted by atomic mass is 10.0. The number of thioether (sulfide) groups is 1. The second-order valence-electron chi connectivity index (χ2n) is 4.95. The SMILES string of the molecule is Cc1[nH]ncc1C(C)NCC1(C)CCCS1. The fourth-order valence-corrected chi connectivity index (χ4v) is 3.51. The van der Waals surface area contributed by atoms with Crippen LogP contribution in [0.25, 0.3) is 0 Å². The largest absolute Gasteiger partial charge is 0.309 e. The molecule has 1 aromatic heterocycles. The fourth-order valence-electron chi connectivity index (χ4n) is 2.25. The van der Waals surface area contributed by atoms with Crippen LogP contribution in [0.1, 0.15) is 44.0 Å². The van der Waals surface area contributed by atoms with E-state index < -0.39 is 0 Å². The number of hydrogen-bond acceptors (Lipinski definition) is 3. The molecular weight excluding hydrogens is 218 g/mol. The highest BCUT2D eigenvalue weighted by molar-refractivity contribution is 8.00. The van der Waals surface area contributed by atoms with E-state index in [2.05, 4.69) is 48.0 Å². The van der Waals surface area contributed by atoms with E-state index in [9.17, 15) is 0 Å². The Morgan fingerprint density at radius 1 is 1.69 bits per heavy atom. The number of nitrogens with one attached hydrogen (secondary N) is 2. The van der Waals surface area contributed by atoms with Crippen molar-refractivity contribution in [3.63, 3.8) is 0 Å². The molecule has 2 heterocycles. The van der Waals surface area contributed by atoms with E-state index in [4.69, 9.17) is 0 Å². The number of aryl methyl sites for hydroxylation is 1. The molecule has 3 nitrogen and oxygen atoms in total. The molecule has 2 atom stereocenters. The first-order valence-corrected chi connectivity index (χ1v) is 6.96. The maximum Gasteiger partial charge on any atom is 0.0537 e. The summed E-state index contributed by atoms with van der Waals surface area (Å²) in [5.74, 6) is 1.32. The first-order chi connectivity index (χ1) is 7.61. The summed E-state index contributed by atoms with van der Waals surface area (Å²) in [5.41, 5.74) is 2.45. The quantitative estimate of drug-likeness (QED) is 0.848. The van der Waals surface area contributed by atoms with Gasteiger partial charge in [-0.05, 0) is 39.4 Å². The summed E-state index contributed by atoms with van der Waals surface area (Å²) in [6.07, 6.45) is 4.63. The Morgan fingerprint density at radius 2 is 2.50 bits per heavy atom. The third kappa shape index (κ3) is 2.61. The van der Waals surface area contributed by atoms with Gasteiger partial charge in [-0.3, -0.25) is 5.10 Å². The lowest BCUT2D eigenvalue weighted by molar-refractivity contribution is 0.489. The molecule has 0 aliphatic carbocycles. The molecule has 1 aliphatic heterocycles. The molecule has 1 saturated heterocycles. The van der Waals surface area contributed by atoms with Crippen molar-refractivity contribution in [1.82, 2.24) is 15.5 Å². The Morgan fingerprint density at radius 3 is 3.06 bits per heavy atom. The number of H-pyrrole nitrogens is 1. The average Bonchev–Trinajstić information content (AvgIpc) is 2.85. The van der Waals surface area contributed by atoms with E-state index in [0.717, 1.165) is 6.54 Å². The smallest absolute Gasteiger partial charge is 0.0537 e. The topological polar surface area (TPSA) is 40.7 Å². The Labute approximate surface area is 102 Å². The van der Waals surface area contributed by atoms with E-state index in [1.807, 2.05) is 6.20 Å². The lowest BCUT2D eigenvalue weighted by Gasteiger charge is -2.25. The first kappa shape index (κ1) is 12.0. The van der Waals surface area contributed by atoms with Gasteiger partial charge in [0.25, 0.3) is 0 Å². The minimum atomic E-state index is 0.386. The highest BCUT2D eigenvalue weighted by atomic mass is 32.2. The molecular formula is C12H21N3S. The van der Waals surface area contributed by atoms with Crippen LogP contribution in [0.3, 0.4) is 0 Å². The van der Waals surface area contributed by atoms with Gasteiger partial charge in [-0.15, -0.1) is 0 Å². The predicted molar refractivity (Wildman–Crippen MR) is 69.8 cm³/mol. The highest BCUT2D eigenvalue weighted by Gasteiger charge is 2.29. The van der Waals surface area contributed by atoms with Crippen molar-refractivity contribution in [2.75, 3.05) is 12.3 Å². The van der Waals surface area contributed by atoms with E-state index in [0.29, 0.717) is 10.8 Å². The zero-order chi connectivity index (χ0) is 11.6. The van der Waals surface area contributed by atoms with Crippen molar-refractivity contribution in [2.24, 2.45) is 0 Å². The van der Waals surface area contributed by atoms with E-state index in [-0.39, 0.29) is 0 Å². The second-order valence-corrected chi connectivity index (χ2v) is 6.64. The summed E-state index contributed by atoms with van der Waals surface area (Å²) >= 11 is 2.10. The van der Waals surface area contributed by atoms with Crippen LogP contribution in [0.15, 0.2) is 6.20 Å². The molecule has 2 unspecified atom stereocenters. The molecule has 16 heavy (non-hydrogen) atoms. The van der Waals surface area contributed by atoms with E-state index in [1.165, 1.54) is 29.9 Å². The monoisotopic (exact) mass is 239 g/mol. The zero-order valence-corrected chi connectivity index (χ0v) is 11.2. The van der Waals surface area contributed by atoms with Crippen LogP contribution >= 0.6 is 11.8 Å². The first-order valence-electron chi connectivity index (χ1n) is 5.98. The molecule has 0 aromatic carbocycles. The normalized spacial score (nSPS) is 27.2. The van der Waals surface area contributed by atoms with Crippen LogP contribution in [-0.2, 0) is 0 Å². The second kappa shape index (κ2) is 4.80. The third-order valence-electron chi connectivity index (χ3n) is 3.42. The number of nitrogens with zero attached hydrogens (tertiary/aromatic N) is 1. The molecule has 0 bridgehead atoms. The molecule has 1 fully saturated rings. The van der Waals surface area contributed by atoms with Gasteiger partial charge in [0.1, 0.15) is 0 Å². The Hall–Kier alpha value is -0.480. The maximum atomic E-state index is 4.07. The molecule has 4 heteroatoms. The number of hydrogen-bond donors (Lipinski definition) is 2. The fraction of sp³-hybridized carbons (Fsp3) is 0.750. The number of aromatic nitrogens is 2. The molecule has 0 spiro atoms. The van der Waals surface area contributed by atoms with Crippen LogP contribution in [0.2, 0.25) is 0 Å². The van der Waals surface area contributed by atoms with Crippen molar-refractivity contribution in [3.8, 4) is 0 Å². The summed E-state index contributed by atoms with van der Waals surface area (Å²) < 4.78 is 0.436. The van der Waals surface area contributed by atoms with Gasteiger partial charge in [0.2, 0.25) is 0 Å². The summed E-state index contributed by atoms with van der Waals surface area (Å²) in [7, 11) is 0. The molecule has 90 valence electrons. The summed E-state index contributed by atoms with van der Waals surface area (Å²) in [6, 6.07) is 0.386. The van der Waals surface area contributed by atoms with Gasteiger partial charge < -0.3 is 5.32 Å². The van der Waals surface area contributed by atoms with Gasteiger partial charge >= 0.3 is 0 Å². The van der Waals surface area contributed by atoms with Crippen molar-refractivity contribution in [2.45, 2.75) is 44.4 Å². The minimum Gasteiger partial charge on any atom is -0.309 e. The van der Waals surface area contributed by atoms with Crippen LogP contribution in [0.4, 0.5) is 0 Å². The van der Waals surface area contributed by atoms with Gasteiger partial charge in [0.15, 0.2) is 0 Å². The molecule has 1 aliphatic rings. The molecule has 1 aromatic rings. The van der Waals surface area contributed by atoms with Gasteiger partial charge in [-0.1, -0.05) is 0 Å². The maximum absolute atomic E-state index is 4.07. The van der Waals surface area contributed by atoms with Crippen LogP contribution in [0, 0.1) is 6.92 Å². The Balaban J connectivity index is 1.88. The number of rotatable bonds is 4. The van der Waals surface area contributed by atoms with Crippen molar-refractivity contribution in [3.05, 3.63) is 17.5 Å². The van der Waals surface area contributed by atoms with Gasteiger partial charge in [0, 0.05) is 28.6 Å². The molecule has 0 saturated carbocycles. The van der Waals surface area contributed by atoms with Crippen LogP contribution in [-0.4, -0.2) is 27.2 Å². The Kier molecular flexibility index (Phi) is 3.60. The van der Waals surface area contributed by atoms with Gasteiger partial charge in [0.05, 0.1) is 6.20 Å². The summed E-state index contributed by atoms with van der Waals surface area (Å²) in [5, 5.41) is 10.7. The third-order valence-corrected chi connectivity index (χ3v) is 4.96. The molecule has 0 amide bonds. The summed E-state index contributed by atoms with van der Waals surface area (Å²) in [4.78, 5) is 0.